The number of hydrogen-bond donors (Lipinski definition) is 1. The number of benzene rings is 2. The second-order valence-corrected chi connectivity index (χ2v) is 10.00. The van der Waals surface area contributed by atoms with Crippen LogP contribution in [0.2, 0.25) is 10.0 Å². The minimum Gasteiger partial charge on any atom is -0.424 e. The highest BCUT2D eigenvalue weighted by atomic mass is 35.5. The molecular weight excluding hydrogens is 429 g/mol. The Morgan fingerprint density at radius 2 is 1.87 bits per heavy atom. The number of anilines is 1. The molecule has 1 aliphatic heterocycles. The Balaban J connectivity index is 1.32. The summed E-state index contributed by atoms with van der Waals surface area (Å²) in [6.07, 6.45) is 3.47. The van der Waals surface area contributed by atoms with Crippen LogP contribution in [0.4, 0.5) is 6.01 Å². The van der Waals surface area contributed by atoms with E-state index in [1.165, 1.54) is 24.0 Å². The highest BCUT2D eigenvalue weighted by molar-refractivity contribution is 6.42. The molecule has 1 fully saturated rings. The maximum absolute atomic E-state index is 6.18. The van der Waals surface area contributed by atoms with Crippen molar-refractivity contribution in [2.24, 2.45) is 11.8 Å². The van der Waals surface area contributed by atoms with Crippen molar-refractivity contribution in [2.75, 3.05) is 25.0 Å². The van der Waals surface area contributed by atoms with Crippen LogP contribution in [-0.4, -0.2) is 35.6 Å². The zero-order valence-electron chi connectivity index (χ0n) is 18.5. The molecule has 4 rings (SSSR count). The molecule has 1 aliphatic rings. The topological polar surface area (TPSA) is 41.3 Å². The van der Waals surface area contributed by atoms with Crippen LogP contribution in [0.1, 0.15) is 37.8 Å². The van der Waals surface area contributed by atoms with Crippen molar-refractivity contribution in [1.29, 1.82) is 0 Å². The van der Waals surface area contributed by atoms with Crippen LogP contribution < -0.4 is 5.32 Å². The number of rotatable bonds is 7. The molecule has 2 aromatic carbocycles. The molecule has 1 aromatic heterocycles. The van der Waals surface area contributed by atoms with Crippen molar-refractivity contribution in [1.82, 2.24) is 9.88 Å². The Morgan fingerprint density at radius 3 is 2.58 bits per heavy atom. The lowest BCUT2D eigenvalue weighted by Gasteiger charge is -2.35. The smallest absolute Gasteiger partial charge is 0.295 e. The van der Waals surface area contributed by atoms with E-state index in [1.807, 2.05) is 24.3 Å². The zero-order valence-corrected chi connectivity index (χ0v) is 20.0. The van der Waals surface area contributed by atoms with E-state index in [0.29, 0.717) is 33.9 Å². The Bertz CT molecular complexity index is 1020. The summed E-state index contributed by atoms with van der Waals surface area (Å²) in [4.78, 5) is 7.19. The molecule has 166 valence electrons. The molecule has 2 heterocycles. The van der Waals surface area contributed by atoms with E-state index in [0.717, 1.165) is 37.2 Å². The average molecular weight is 460 g/mol. The van der Waals surface area contributed by atoms with Crippen molar-refractivity contribution in [3.8, 4) is 0 Å². The van der Waals surface area contributed by atoms with Gasteiger partial charge in [-0.2, -0.15) is 4.98 Å². The second kappa shape index (κ2) is 9.81. The van der Waals surface area contributed by atoms with Gasteiger partial charge in [0.2, 0.25) is 0 Å². The first-order chi connectivity index (χ1) is 14.9. The molecule has 3 aromatic rings. The predicted molar refractivity (Wildman–Crippen MR) is 130 cm³/mol. The van der Waals surface area contributed by atoms with Crippen molar-refractivity contribution in [3.05, 3.63) is 57.6 Å². The standard InChI is InChI=1S/C25H31Cl2N3O/c1-16(2)23(29-25-28-22-7-4-17(3)12-24(22)31-25)15-30-10-8-18(9-11-30)13-19-5-6-20(26)21(27)14-19/h4-7,12,14,16,18,23H,8-11,13,15H2,1-3H3,(H,28,29)/t23-/m1/s1. The minimum atomic E-state index is 0.292. The summed E-state index contributed by atoms with van der Waals surface area (Å²) in [5, 5.41) is 4.83. The van der Waals surface area contributed by atoms with Gasteiger partial charge in [-0.15, -0.1) is 0 Å². The van der Waals surface area contributed by atoms with Crippen molar-refractivity contribution in [2.45, 2.75) is 46.1 Å². The van der Waals surface area contributed by atoms with Crippen LogP contribution in [0, 0.1) is 18.8 Å². The van der Waals surface area contributed by atoms with E-state index in [-0.39, 0.29) is 0 Å². The highest BCUT2D eigenvalue weighted by Gasteiger charge is 2.24. The second-order valence-electron chi connectivity index (χ2n) is 9.18. The van der Waals surface area contributed by atoms with Gasteiger partial charge in [0.15, 0.2) is 5.58 Å². The third-order valence-electron chi connectivity index (χ3n) is 6.33. The number of likely N-dealkylation sites (tertiary alicyclic amines) is 1. The number of nitrogens with one attached hydrogen (secondary N) is 1. The summed E-state index contributed by atoms with van der Waals surface area (Å²) in [5.41, 5.74) is 4.20. The molecular formula is C25H31Cl2N3O. The van der Waals surface area contributed by atoms with E-state index in [1.54, 1.807) is 0 Å². The third-order valence-corrected chi connectivity index (χ3v) is 7.07. The van der Waals surface area contributed by atoms with Crippen LogP contribution in [0.5, 0.6) is 0 Å². The van der Waals surface area contributed by atoms with Crippen LogP contribution in [0.15, 0.2) is 40.8 Å². The number of hydrogen-bond acceptors (Lipinski definition) is 4. The van der Waals surface area contributed by atoms with E-state index in [2.05, 4.69) is 48.1 Å². The van der Waals surface area contributed by atoms with Crippen LogP contribution in [0.3, 0.4) is 0 Å². The first-order valence-corrected chi connectivity index (χ1v) is 11.9. The molecule has 0 amide bonds. The molecule has 0 aliphatic carbocycles. The SMILES string of the molecule is Cc1ccc2nc(N[C@H](CN3CCC(Cc4ccc(Cl)c(Cl)c4)CC3)C(C)C)oc2c1. The Hall–Kier alpha value is -1.75. The molecule has 4 nitrogen and oxygen atoms in total. The molecule has 0 unspecified atom stereocenters. The van der Waals surface area contributed by atoms with Crippen molar-refractivity contribution >= 4 is 40.3 Å². The normalized spacial score (nSPS) is 16.8. The van der Waals surface area contributed by atoms with Gasteiger partial charge in [-0.3, -0.25) is 0 Å². The number of oxazole rings is 1. The van der Waals surface area contributed by atoms with Crippen molar-refractivity contribution < 1.29 is 4.42 Å². The first-order valence-electron chi connectivity index (χ1n) is 11.2. The van der Waals surface area contributed by atoms with Gasteiger partial charge in [-0.1, -0.05) is 49.2 Å². The fraction of sp³-hybridized carbons (Fsp3) is 0.480. The minimum absolute atomic E-state index is 0.292. The Labute approximate surface area is 194 Å². The number of nitrogens with zero attached hydrogens (tertiary/aromatic N) is 2. The predicted octanol–water partition coefficient (Wildman–Crippen LogP) is 6.83. The monoisotopic (exact) mass is 459 g/mol. The van der Waals surface area contributed by atoms with Gasteiger partial charge in [0.25, 0.3) is 6.01 Å². The maximum atomic E-state index is 6.18. The fourth-order valence-corrected chi connectivity index (χ4v) is 4.65. The molecule has 0 spiro atoms. The van der Waals surface area contributed by atoms with Gasteiger partial charge in [0.05, 0.1) is 10.0 Å². The number of aromatic nitrogens is 1. The highest BCUT2D eigenvalue weighted by Crippen LogP contribution is 2.28. The van der Waals surface area contributed by atoms with Crippen LogP contribution >= 0.6 is 23.2 Å². The van der Waals surface area contributed by atoms with Gasteiger partial charge in [-0.25, -0.2) is 0 Å². The zero-order chi connectivity index (χ0) is 22.0. The maximum Gasteiger partial charge on any atom is 0.295 e. The van der Waals surface area contributed by atoms with E-state index in [4.69, 9.17) is 27.6 Å². The Morgan fingerprint density at radius 1 is 1.10 bits per heavy atom. The molecule has 1 N–H and O–H groups in total. The van der Waals surface area contributed by atoms with Gasteiger partial charge in [0, 0.05) is 12.6 Å². The summed E-state index contributed by atoms with van der Waals surface area (Å²) < 4.78 is 5.96. The lowest BCUT2D eigenvalue weighted by molar-refractivity contribution is 0.169. The molecule has 1 atom stereocenters. The van der Waals surface area contributed by atoms with E-state index in [9.17, 15) is 0 Å². The number of halogens is 2. The van der Waals surface area contributed by atoms with Gasteiger partial charge >= 0.3 is 0 Å². The molecule has 0 saturated carbocycles. The number of piperidine rings is 1. The van der Waals surface area contributed by atoms with Gasteiger partial charge in [-0.05, 0) is 86.5 Å². The van der Waals surface area contributed by atoms with Gasteiger partial charge in [0.1, 0.15) is 5.52 Å². The van der Waals surface area contributed by atoms with E-state index < -0.39 is 0 Å². The van der Waals surface area contributed by atoms with Crippen molar-refractivity contribution in [3.63, 3.8) is 0 Å². The van der Waals surface area contributed by atoms with Crippen LogP contribution in [-0.2, 0) is 6.42 Å². The van der Waals surface area contributed by atoms with Gasteiger partial charge < -0.3 is 14.6 Å². The Kier molecular flexibility index (Phi) is 7.10. The number of aryl methyl sites for hydroxylation is 1. The fourth-order valence-electron chi connectivity index (χ4n) is 4.33. The molecule has 6 heteroatoms. The van der Waals surface area contributed by atoms with Crippen LogP contribution in [0.25, 0.3) is 11.1 Å². The van der Waals surface area contributed by atoms with E-state index >= 15 is 0 Å². The average Bonchev–Trinajstić information content (AvgIpc) is 3.13. The summed E-state index contributed by atoms with van der Waals surface area (Å²) in [6, 6.07) is 13.0. The summed E-state index contributed by atoms with van der Waals surface area (Å²) in [7, 11) is 0. The third kappa shape index (κ3) is 5.74. The summed E-state index contributed by atoms with van der Waals surface area (Å²) in [5.74, 6) is 1.17. The molecule has 0 bridgehead atoms. The molecule has 1 saturated heterocycles. The number of fused-ring (bicyclic) bond motifs is 1. The first kappa shape index (κ1) is 22.4. The summed E-state index contributed by atoms with van der Waals surface area (Å²) >= 11 is 12.2. The lowest BCUT2D eigenvalue weighted by Crippen LogP contribution is -2.43. The molecule has 31 heavy (non-hydrogen) atoms. The molecule has 0 radical (unpaired) electrons. The quantitative estimate of drug-likeness (QED) is 0.419. The largest absolute Gasteiger partial charge is 0.424 e. The lowest BCUT2D eigenvalue weighted by atomic mass is 9.89. The summed E-state index contributed by atoms with van der Waals surface area (Å²) in [6.45, 7) is 9.79.